The molecule has 0 atom stereocenters. The Morgan fingerprint density at radius 1 is 1.25 bits per heavy atom. The van der Waals surface area contributed by atoms with E-state index in [0.717, 1.165) is 0 Å². The second-order valence-electron chi connectivity index (χ2n) is 3.95. The van der Waals surface area contributed by atoms with Crippen LogP contribution in [0.15, 0.2) is 40.9 Å². The van der Waals surface area contributed by atoms with Gasteiger partial charge in [0.25, 0.3) is 0 Å². The lowest BCUT2D eigenvalue weighted by Gasteiger charge is -2.09. The van der Waals surface area contributed by atoms with E-state index in [-0.39, 0.29) is 16.9 Å². The minimum atomic E-state index is -0.419. The van der Waals surface area contributed by atoms with Gasteiger partial charge < -0.3 is 4.74 Å². The Hall–Kier alpha value is -2.19. The SMILES string of the molecule is COc1ccc(C(=O)c2ccc(F)cc2)c(C#N)c1Br. The number of ether oxygens (including phenoxy) is 1. The van der Waals surface area contributed by atoms with E-state index >= 15 is 0 Å². The van der Waals surface area contributed by atoms with Crippen LogP contribution in [-0.2, 0) is 0 Å². The number of methoxy groups -OCH3 is 1. The molecular formula is C15H9BrFNO2. The van der Waals surface area contributed by atoms with Crippen molar-refractivity contribution in [3.63, 3.8) is 0 Å². The van der Waals surface area contributed by atoms with Crippen molar-refractivity contribution in [3.05, 3.63) is 63.4 Å². The molecule has 0 bridgehead atoms. The van der Waals surface area contributed by atoms with Crippen LogP contribution >= 0.6 is 15.9 Å². The van der Waals surface area contributed by atoms with Crippen LogP contribution in [0.4, 0.5) is 4.39 Å². The topological polar surface area (TPSA) is 50.1 Å². The summed E-state index contributed by atoms with van der Waals surface area (Å²) in [5.41, 5.74) is 0.755. The van der Waals surface area contributed by atoms with E-state index < -0.39 is 5.82 Å². The molecule has 0 spiro atoms. The summed E-state index contributed by atoms with van der Waals surface area (Å²) in [7, 11) is 1.47. The third-order valence-corrected chi connectivity index (χ3v) is 3.58. The van der Waals surface area contributed by atoms with Crippen LogP contribution in [0.2, 0.25) is 0 Å². The Labute approximate surface area is 123 Å². The van der Waals surface area contributed by atoms with Gasteiger partial charge in [-0.1, -0.05) is 0 Å². The molecule has 0 aliphatic heterocycles. The van der Waals surface area contributed by atoms with Crippen molar-refractivity contribution in [1.29, 1.82) is 5.26 Å². The van der Waals surface area contributed by atoms with Gasteiger partial charge >= 0.3 is 0 Å². The van der Waals surface area contributed by atoms with Crippen LogP contribution in [0.25, 0.3) is 0 Å². The quantitative estimate of drug-likeness (QED) is 0.804. The molecule has 0 unspecified atom stereocenters. The largest absolute Gasteiger partial charge is 0.496 e. The first kappa shape index (κ1) is 14.2. The molecule has 2 aromatic carbocycles. The molecule has 0 saturated carbocycles. The van der Waals surface area contributed by atoms with Gasteiger partial charge in [-0.2, -0.15) is 5.26 Å². The van der Waals surface area contributed by atoms with Gasteiger partial charge in [0.15, 0.2) is 5.78 Å². The predicted octanol–water partition coefficient (Wildman–Crippen LogP) is 3.70. The monoisotopic (exact) mass is 333 g/mol. The number of nitrogens with zero attached hydrogens (tertiary/aromatic N) is 1. The summed E-state index contributed by atoms with van der Waals surface area (Å²) in [6.07, 6.45) is 0. The van der Waals surface area contributed by atoms with Crippen molar-refractivity contribution in [3.8, 4) is 11.8 Å². The van der Waals surface area contributed by atoms with Gasteiger partial charge in [-0.25, -0.2) is 4.39 Å². The van der Waals surface area contributed by atoms with Crippen LogP contribution in [-0.4, -0.2) is 12.9 Å². The molecule has 100 valence electrons. The molecule has 20 heavy (non-hydrogen) atoms. The highest BCUT2D eigenvalue weighted by atomic mass is 79.9. The van der Waals surface area contributed by atoms with Crippen LogP contribution in [0.1, 0.15) is 21.5 Å². The fraction of sp³-hybridized carbons (Fsp3) is 0.0667. The molecule has 0 radical (unpaired) electrons. The van der Waals surface area contributed by atoms with Crippen molar-refractivity contribution in [2.24, 2.45) is 0 Å². The Kier molecular flexibility index (Phi) is 4.16. The van der Waals surface area contributed by atoms with E-state index in [4.69, 9.17) is 4.74 Å². The van der Waals surface area contributed by atoms with E-state index in [1.165, 1.54) is 37.4 Å². The second-order valence-corrected chi connectivity index (χ2v) is 4.75. The summed E-state index contributed by atoms with van der Waals surface area (Å²) in [5.74, 6) is -0.292. The Morgan fingerprint density at radius 3 is 2.45 bits per heavy atom. The minimum absolute atomic E-state index is 0.193. The molecule has 0 aliphatic carbocycles. The predicted molar refractivity (Wildman–Crippen MR) is 75.2 cm³/mol. The number of benzene rings is 2. The number of nitriles is 1. The highest BCUT2D eigenvalue weighted by Crippen LogP contribution is 2.31. The van der Waals surface area contributed by atoms with Gasteiger partial charge in [-0.3, -0.25) is 4.79 Å². The van der Waals surface area contributed by atoms with Crippen LogP contribution < -0.4 is 4.74 Å². The Bertz CT molecular complexity index is 705. The van der Waals surface area contributed by atoms with Crippen molar-refractivity contribution >= 4 is 21.7 Å². The summed E-state index contributed by atoms with van der Waals surface area (Å²) >= 11 is 3.25. The molecule has 0 amide bonds. The number of carbonyl (C=O) groups is 1. The minimum Gasteiger partial charge on any atom is -0.496 e. The third kappa shape index (κ3) is 2.56. The van der Waals surface area contributed by atoms with Crippen molar-refractivity contribution in [2.45, 2.75) is 0 Å². The van der Waals surface area contributed by atoms with Crippen molar-refractivity contribution < 1.29 is 13.9 Å². The van der Waals surface area contributed by atoms with E-state index in [0.29, 0.717) is 15.8 Å². The van der Waals surface area contributed by atoms with E-state index in [1.807, 2.05) is 6.07 Å². The highest BCUT2D eigenvalue weighted by molar-refractivity contribution is 9.10. The molecule has 0 aromatic heterocycles. The molecule has 5 heteroatoms. The smallest absolute Gasteiger partial charge is 0.194 e. The van der Waals surface area contributed by atoms with Gasteiger partial charge in [0.1, 0.15) is 17.6 Å². The van der Waals surface area contributed by atoms with Crippen molar-refractivity contribution in [1.82, 2.24) is 0 Å². The summed E-state index contributed by atoms with van der Waals surface area (Å²) < 4.78 is 18.4. The lowest BCUT2D eigenvalue weighted by Crippen LogP contribution is -2.05. The number of carbonyl (C=O) groups excluding carboxylic acids is 1. The van der Waals surface area contributed by atoms with E-state index in [1.54, 1.807) is 6.07 Å². The third-order valence-electron chi connectivity index (χ3n) is 2.79. The lowest BCUT2D eigenvalue weighted by molar-refractivity contribution is 0.103. The zero-order valence-electron chi connectivity index (χ0n) is 10.5. The van der Waals surface area contributed by atoms with Crippen LogP contribution in [0, 0.1) is 17.1 Å². The number of hydrogen-bond donors (Lipinski definition) is 0. The molecular weight excluding hydrogens is 325 g/mol. The molecule has 0 saturated heterocycles. The number of hydrogen-bond acceptors (Lipinski definition) is 3. The molecule has 0 fully saturated rings. The molecule has 0 N–H and O–H groups in total. The van der Waals surface area contributed by atoms with Gasteiger partial charge in [0, 0.05) is 11.1 Å². The fourth-order valence-electron chi connectivity index (χ4n) is 1.77. The number of halogens is 2. The maximum absolute atomic E-state index is 12.9. The van der Waals surface area contributed by atoms with Crippen LogP contribution in [0.5, 0.6) is 5.75 Å². The molecule has 0 aliphatic rings. The Balaban J connectivity index is 2.53. The Morgan fingerprint density at radius 2 is 1.90 bits per heavy atom. The molecule has 3 nitrogen and oxygen atoms in total. The van der Waals surface area contributed by atoms with Gasteiger partial charge in [0.05, 0.1) is 17.1 Å². The summed E-state index contributed by atoms with van der Waals surface area (Å²) in [6, 6.07) is 10.3. The van der Waals surface area contributed by atoms with Crippen molar-refractivity contribution in [2.75, 3.05) is 7.11 Å². The second kappa shape index (κ2) is 5.85. The normalized spacial score (nSPS) is 9.90. The number of ketones is 1. The van der Waals surface area contributed by atoms with E-state index in [9.17, 15) is 14.4 Å². The van der Waals surface area contributed by atoms with Gasteiger partial charge in [0.2, 0.25) is 0 Å². The first-order valence-electron chi connectivity index (χ1n) is 5.65. The highest BCUT2D eigenvalue weighted by Gasteiger charge is 2.18. The maximum Gasteiger partial charge on any atom is 0.194 e. The fourth-order valence-corrected chi connectivity index (χ4v) is 2.37. The molecule has 2 rings (SSSR count). The lowest BCUT2D eigenvalue weighted by atomic mass is 9.98. The first-order chi connectivity index (χ1) is 9.58. The average molecular weight is 334 g/mol. The van der Waals surface area contributed by atoms with E-state index in [2.05, 4.69) is 15.9 Å². The molecule has 2 aromatic rings. The zero-order chi connectivity index (χ0) is 14.7. The molecule has 0 heterocycles. The summed E-state index contributed by atoms with van der Waals surface area (Å²) in [5, 5.41) is 9.21. The van der Waals surface area contributed by atoms with Crippen LogP contribution in [0.3, 0.4) is 0 Å². The first-order valence-corrected chi connectivity index (χ1v) is 6.44. The summed E-state index contributed by atoms with van der Waals surface area (Å²) in [4.78, 5) is 12.4. The standard InChI is InChI=1S/C15H9BrFNO2/c1-20-13-7-6-11(12(8-18)14(13)16)15(19)9-2-4-10(17)5-3-9/h2-7H,1H3. The number of rotatable bonds is 3. The zero-order valence-corrected chi connectivity index (χ0v) is 12.1. The summed E-state index contributed by atoms with van der Waals surface area (Å²) in [6.45, 7) is 0. The van der Waals surface area contributed by atoms with Gasteiger partial charge in [-0.05, 0) is 52.3 Å². The average Bonchev–Trinajstić information content (AvgIpc) is 2.47. The maximum atomic E-state index is 12.9. The van der Waals surface area contributed by atoms with Gasteiger partial charge in [-0.15, -0.1) is 0 Å².